The molecule has 0 fully saturated rings. The minimum Gasteiger partial charge on any atom is -0.461 e. The molecule has 0 aromatic carbocycles. The summed E-state index contributed by atoms with van der Waals surface area (Å²) in [5, 5.41) is 2.84. The van der Waals surface area contributed by atoms with Crippen molar-refractivity contribution in [2.45, 2.75) is 33.2 Å². The van der Waals surface area contributed by atoms with Crippen LogP contribution in [0.5, 0.6) is 0 Å². The van der Waals surface area contributed by atoms with E-state index in [1.807, 2.05) is 23.8 Å². The van der Waals surface area contributed by atoms with Crippen molar-refractivity contribution >= 4 is 23.1 Å². The fourth-order valence-electron chi connectivity index (χ4n) is 2.08. The van der Waals surface area contributed by atoms with Crippen LogP contribution in [0, 0.1) is 0 Å². The highest BCUT2D eigenvalue weighted by atomic mass is 32.1. The number of imidazole rings is 1. The first kappa shape index (κ1) is 14.5. The van der Waals surface area contributed by atoms with Crippen molar-refractivity contribution in [3.63, 3.8) is 0 Å². The first-order valence-electron chi connectivity index (χ1n) is 6.53. The number of thiazole rings is 1. The summed E-state index contributed by atoms with van der Waals surface area (Å²) in [5.41, 5.74) is 6.28. The number of aryl methyl sites for hydroxylation is 1. The molecule has 0 bridgehead atoms. The lowest BCUT2D eigenvalue weighted by Gasteiger charge is -2.15. The summed E-state index contributed by atoms with van der Waals surface area (Å²) >= 11 is 1.55. The molecule has 108 valence electrons. The van der Waals surface area contributed by atoms with Crippen LogP contribution < -0.4 is 5.73 Å². The number of nitrogens with two attached hydrogens (primary N) is 1. The number of nitrogens with zero attached hydrogens (tertiary/aromatic N) is 3. The molecule has 2 aromatic rings. The molecular formula is C13H18N4O2S. The molecule has 0 aliphatic carbocycles. The van der Waals surface area contributed by atoms with Crippen LogP contribution in [0.3, 0.4) is 0 Å². The van der Waals surface area contributed by atoms with Gasteiger partial charge in [-0.25, -0.2) is 14.8 Å². The lowest BCUT2D eigenvalue weighted by atomic mass is 10.3. The molecule has 6 nitrogen and oxygen atoms in total. The molecule has 0 saturated heterocycles. The van der Waals surface area contributed by atoms with Crippen molar-refractivity contribution < 1.29 is 9.53 Å². The summed E-state index contributed by atoms with van der Waals surface area (Å²) in [6, 6.07) is -0.0550. The Labute approximate surface area is 121 Å². The summed E-state index contributed by atoms with van der Waals surface area (Å²) in [4.78, 5) is 20.5. The molecule has 1 unspecified atom stereocenters. The van der Waals surface area contributed by atoms with Gasteiger partial charge in [0, 0.05) is 18.0 Å². The maximum atomic E-state index is 11.9. The summed E-state index contributed by atoms with van der Waals surface area (Å²) < 4.78 is 6.84. The molecule has 0 spiro atoms. The van der Waals surface area contributed by atoms with Gasteiger partial charge < -0.3 is 15.0 Å². The molecule has 20 heavy (non-hydrogen) atoms. The Bertz CT molecular complexity index is 592. The van der Waals surface area contributed by atoms with E-state index in [-0.39, 0.29) is 11.7 Å². The quantitative estimate of drug-likeness (QED) is 0.855. The summed E-state index contributed by atoms with van der Waals surface area (Å²) in [6.07, 6.45) is 2.43. The van der Waals surface area contributed by atoms with Crippen LogP contribution >= 0.6 is 11.3 Å². The van der Waals surface area contributed by atoms with Gasteiger partial charge in [-0.05, 0) is 13.8 Å². The van der Waals surface area contributed by atoms with Crippen LogP contribution in [-0.4, -0.2) is 27.1 Å². The number of anilines is 1. The predicted molar refractivity (Wildman–Crippen MR) is 77.9 cm³/mol. The van der Waals surface area contributed by atoms with E-state index in [2.05, 4.69) is 9.97 Å². The van der Waals surface area contributed by atoms with Crippen molar-refractivity contribution in [2.24, 2.45) is 0 Å². The number of nitrogen functional groups attached to an aromatic ring is 1. The van der Waals surface area contributed by atoms with Crippen molar-refractivity contribution in [3.8, 4) is 0 Å². The van der Waals surface area contributed by atoms with E-state index in [1.54, 1.807) is 24.5 Å². The van der Waals surface area contributed by atoms with Gasteiger partial charge >= 0.3 is 5.97 Å². The maximum absolute atomic E-state index is 11.9. The van der Waals surface area contributed by atoms with Crippen LogP contribution in [0.1, 0.15) is 48.1 Å². The summed E-state index contributed by atoms with van der Waals surface area (Å²) in [5.74, 6) is 0.612. The maximum Gasteiger partial charge on any atom is 0.360 e. The van der Waals surface area contributed by atoms with Crippen LogP contribution in [0.25, 0.3) is 0 Å². The second kappa shape index (κ2) is 6.04. The van der Waals surface area contributed by atoms with Crippen molar-refractivity contribution in [2.75, 3.05) is 12.3 Å². The second-order valence-electron chi connectivity index (χ2n) is 4.25. The third kappa shape index (κ3) is 2.53. The van der Waals surface area contributed by atoms with E-state index in [4.69, 9.17) is 10.5 Å². The molecule has 2 rings (SSSR count). The first-order valence-corrected chi connectivity index (χ1v) is 7.41. The van der Waals surface area contributed by atoms with Crippen LogP contribution in [0.4, 0.5) is 5.82 Å². The normalized spacial score (nSPS) is 12.3. The molecule has 1 atom stereocenters. The Morgan fingerprint density at radius 3 is 2.85 bits per heavy atom. The molecule has 2 aromatic heterocycles. The number of carbonyl (C=O) groups excluding carboxylic acids is 1. The van der Waals surface area contributed by atoms with Gasteiger partial charge in [0.25, 0.3) is 0 Å². The Balaban J connectivity index is 2.44. The standard InChI is InChI=1S/C13H18N4O2S/c1-4-9-16-10(13(18)19-5-2)11(14)17(9)8(3)12-15-6-7-20-12/h6-8H,4-5,14H2,1-3H3. The van der Waals surface area contributed by atoms with Gasteiger partial charge in [0.15, 0.2) is 5.69 Å². The number of esters is 1. The Morgan fingerprint density at radius 2 is 2.30 bits per heavy atom. The van der Waals surface area contributed by atoms with Gasteiger partial charge in [0.2, 0.25) is 0 Å². The highest BCUT2D eigenvalue weighted by Crippen LogP contribution is 2.27. The zero-order valence-corrected chi connectivity index (χ0v) is 12.6. The van der Waals surface area contributed by atoms with Crippen LogP contribution in [0.2, 0.25) is 0 Å². The van der Waals surface area contributed by atoms with E-state index >= 15 is 0 Å². The topological polar surface area (TPSA) is 83.0 Å². The average molecular weight is 294 g/mol. The number of aromatic nitrogens is 3. The zero-order valence-electron chi connectivity index (χ0n) is 11.8. The fraction of sp³-hybridized carbons (Fsp3) is 0.462. The van der Waals surface area contributed by atoms with E-state index in [1.165, 1.54) is 0 Å². The predicted octanol–water partition coefficient (Wildman–Crippen LogP) is 2.27. The Hall–Kier alpha value is -1.89. The molecule has 0 saturated carbocycles. The number of rotatable bonds is 5. The average Bonchev–Trinajstić information content (AvgIpc) is 3.05. The second-order valence-corrected chi connectivity index (χ2v) is 5.18. The van der Waals surface area contributed by atoms with Crippen molar-refractivity contribution in [3.05, 3.63) is 28.1 Å². The molecule has 0 aliphatic heterocycles. The Morgan fingerprint density at radius 1 is 1.55 bits per heavy atom. The van der Waals surface area contributed by atoms with Gasteiger partial charge in [-0.3, -0.25) is 0 Å². The van der Waals surface area contributed by atoms with E-state index in [9.17, 15) is 4.79 Å². The number of hydrogen-bond donors (Lipinski definition) is 1. The van der Waals surface area contributed by atoms with Gasteiger partial charge in [0.1, 0.15) is 16.6 Å². The highest BCUT2D eigenvalue weighted by Gasteiger charge is 2.24. The third-order valence-electron chi connectivity index (χ3n) is 3.00. The number of ether oxygens (including phenoxy) is 1. The van der Waals surface area contributed by atoms with E-state index < -0.39 is 5.97 Å². The first-order chi connectivity index (χ1) is 9.60. The van der Waals surface area contributed by atoms with Gasteiger partial charge in [-0.2, -0.15) is 0 Å². The SMILES string of the molecule is CCOC(=O)c1nc(CC)n(C(C)c2nccs2)c1N. The molecular weight excluding hydrogens is 276 g/mol. The highest BCUT2D eigenvalue weighted by molar-refractivity contribution is 7.09. The van der Waals surface area contributed by atoms with Crippen molar-refractivity contribution in [1.82, 2.24) is 14.5 Å². The minimum atomic E-state index is -0.482. The van der Waals surface area contributed by atoms with E-state index in [0.717, 1.165) is 10.8 Å². The lowest BCUT2D eigenvalue weighted by Crippen LogP contribution is -2.14. The fourth-order valence-corrected chi connectivity index (χ4v) is 2.76. The minimum absolute atomic E-state index is 0.0550. The van der Waals surface area contributed by atoms with Crippen LogP contribution in [0.15, 0.2) is 11.6 Å². The number of carbonyl (C=O) groups is 1. The molecule has 0 aliphatic rings. The Kier molecular flexibility index (Phi) is 4.39. The third-order valence-corrected chi connectivity index (χ3v) is 3.95. The molecule has 0 radical (unpaired) electrons. The monoisotopic (exact) mass is 294 g/mol. The molecule has 2 N–H and O–H groups in total. The smallest absolute Gasteiger partial charge is 0.360 e. The van der Waals surface area contributed by atoms with Gasteiger partial charge in [-0.1, -0.05) is 6.92 Å². The zero-order chi connectivity index (χ0) is 14.7. The van der Waals surface area contributed by atoms with Gasteiger partial charge in [0.05, 0.1) is 12.6 Å². The molecule has 2 heterocycles. The molecule has 7 heteroatoms. The number of hydrogen-bond acceptors (Lipinski definition) is 6. The summed E-state index contributed by atoms with van der Waals surface area (Å²) in [7, 11) is 0. The summed E-state index contributed by atoms with van der Waals surface area (Å²) in [6.45, 7) is 6.02. The van der Waals surface area contributed by atoms with Crippen molar-refractivity contribution in [1.29, 1.82) is 0 Å². The van der Waals surface area contributed by atoms with Gasteiger partial charge in [-0.15, -0.1) is 11.3 Å². The lowest BCUT2D eigenvalue weighted by molar-refractivity contribution is 0.0521. The largest absolute Gasteiger partial charge is 0.461 e. The van der Waals surface area contributed by atoms with Crippen LogP contribution in [-0.2, 0) is 11.2 Å². The van der Waals surface area contributed by atoms with E-state index in [0.29, 0.717) is 18.8 Å². The molecule has 0 amide bonds.